The van der Waals surface area contributed by atoms with Crippen LogP contribution in [0.5, 0.6) is 0 Å². The third kappa shape index (κ3) is 13.8. The maximum Gasteiger partial charge on any atom is 0.416 e. The van der Waals surface area contributed by atoms with Crippen molar-refractivity contribution < 1.29 is 132 Å². The Morgan fingerprint density at radius 3 is 0.673 bits per heavy atom. The minimum Gasteiger partial charge on any atom is -0.308 e. The summed E-state index contributed by atoms with van der Waals surface area (Å²) in [4.78, 5) is 3.38. The molecule has 2 aromatic heterocycles. The van der Waals surface area contributed by atoms with Crippen molar-refractivity contribution in [1.29, 1.82) is 0 Å². The number of halogens is 30. The van der Waals surface area contributed by atoms with Gasteiger partial charge in [-0.1, -0.05) is 30.3 Å². The molecule has 0 fully saturated rings. The van der Waals surface area contributed by atoms with Crippen LogP contribution in [0.25, 0.3) is 115 Å². The highest BCUT2D eigenvalue weighted by atomic mass is 19.4. The summed E-state index contributed by atoms with van der Waals surface area (Å²) in [5.41, 5.74) is -31.1. The zero-order chi connectivity index (χ0) is 76.3. The van der Waals surface area contributed by atoms with Gasteiger partial charge < -0.3 is 9.13 Å². The molecule has 0 radical (unpaired) electrons. The molecule has 0 bridgehead atoms. The van der Waals surface area contributed by atoms with Crippen molar-refractivity contribution in [2.24, 2.45) is 0 Å². The van der Waals surface area contributed by atoms with Crippen LogP contribution in [-0.2, 0) is 61.8 Å². The first-order valence-corrected chi connectivity index (χ1v) is 29.0. The Labute approximate surface area is 560 Å². The molecule has 0 aliphatic carbocycles. The molecule has 2 heterocycles. The molecule has 0 N–H and O–H groups in total. The van der Waals surface area contributed by atoms with Crippen LogP contribution >= 0.6 is 0 Å². The monoisotopic (exact) mass is 1490 g/mol. The van der Waals surface area contributed by atoms with Gasteiger partial charge in [0.05, 0.1) is 95.6 Å². The largest absolute Gasteiger partial charge is 0.416 e. The minimum atomic E-state index is -5.79. The fourth-order valence-corrected chi connectivity index (χ4v) is 12.2. The van der Waals surface area contributed by atoms with E-state index in [0.29, 0.717) is 6.07 Å². The molecular weight excluding hydrogens is 1460 g/mol. The molecular formula is C71H29F30N3. The van der Waals surface area contributed by atoms with Gasteiger partial charge in [-0.2, -0.15) is 132 Å². The maximum atomic E-state index is 15.4. The Balaban J connectivity index is 1.26. The zero-order valence-corrected chi connectivity index (χ0v) is 50.4. The van der Waals surface area contributed by atoms with Gasteiger partial charge in [-0.15, -0.1) is 0 Å². The number of hydrogen-bond acceptors (Lipinski definition) is 0. The highest BCUT2D eigenvalue weighted by molar-refractivity contribution is 6.14. The minimum absolute atomic E-state index is 0.150. The number of alkyl halides is 30. The van der Waals surface area contributed by atoms with Gasteiger partial charge in [-0.25, -0.2) is 4.85 Å². The Morgan fingerprint density at radius 1 is 0.212 bits per heavy atom. The van der Waals surface area contributed by atoms with E-state index in [1.165, 1.54) is 0 Å². The smallest absolute Gasteiger partial charge is 0.308 e. The summed E-state index contributed by atoms with van der Waals surface area (Å²) in [5, 5.41) is -1.78. The summed E-state index contributed by atoms with van der Waals surface area (Å²) in [5.74, 6) is 0. The van der Waals surface area contributed by atoms with Crippen molar-refractivity contribution in [1.82, 2.24) is 9.13 Å². The number of fused-ring (bicyclic) bond motifs is 6. The summed E-state index contributed by atoms with van der Waals surface area (Å²) in [6.07, 6.45) is -55.4. The van der Waals surface area contributed by atoms with E-state index in [1.54, 1.807) is 0 Å². The average molecular weight is 1490 g/mol. The standard InChI is InChI=1S/C71H29F30N3/c1-102-55-30-61(104-58-10-4-33(37-16-44(67(87,88)89)26-45(17-37)68(90,91)92)22-52(58)53-23-34(5-11-59(53)104)38-18-46(69(93,94)95)27-47(19-38)70(96,97)98)60(29-49(55)48-7-6-39(62(72,73)74)28-54(48)71(99,100)101)103-56-8-2-31(35-12-40(63(75,76)77)24-41(13-35)64(78,79)80)20-50(56)51-21-32(3-9-57(51)103)36-14-42(65(81,82)83)25-43(15-36)66(84,85)86/h2-30H. The van der Waals surface area contributed by atoms with Gasteiger partial charge in [-0.05, 0) is 201 Å². The van der Waals surface area contributed by atoms with Crippen molar-refractivity contribution >= 4 is 49.3 Å². The van der Waals surface area contributed by atoms with Crippen LogP contribution in [0.15, 0.2) is 176 Å². The summed E-state index contributed by atoms with van der Waals surface area (Å²) in [6, 6.07) is 13.0. The molecule has 12 rings (SSSR count). The molecule has 104 heavy (non-hydrogen) atoms. The van der Waals surface area contributed by atoms with Crippen molar-refractivity contribution in [3.63, 3.8) is 0 Å². The first-order valence-electron chi connectivity index (χ1n) is 29.0. The molecule has 10 aromatic carbocycles. The quantitative estimate of drug-likeness (QED) is 0.112. The van der Waals surface area contributed by atoms with Gasteiger partial charge in [0, 0.05) is 21.5 Å². The van der Waals surface area contributed by atoms with E-state index >= 15 is 13.2 Å². The summed E-state index contributed by atoms with van der Waals surface area (Å²) in [7, 11) is 0. The van der Waals surface area contributed by atoms with Gasteiger partial charge in [0.15, 0.2) is 5.69 Å². The third-order valence-corrected chi connectivity index (χ3v) is 16.9. The highest BCUT2D eigenvalue weighted by Crippen LogP contribution is 2.52. The van der Waals surface area contributed by atoms with E-state index < -0.39 is 234 Å². The molecule has 33 heteroatoms. The van der Waals surface area contributed by atoms with Crippen LogP contribution < -0.4 is 0 Å². The molecule has 3 nitrogen and oxygen atoms in total. The maximum absolute atomic E-state index is 15.4. The molecule has 0 saturated heterocycles. The lowest BCUT2D eigenvalue weighted by Crippen LogP contribution is -2.12. The van der Waals surface area contributed by atoms with E-state index in [-0.39, 0.29) is 91.0 Å². The molecule has 0 unspecified atom stereocenters. The number of rotatable bonds is 7. The lowest BCUT2D eigenvalue weighted by atomic mass is 9.94. The zero-order valence-electron chi connectivity index (χ0n) is 50.4. The lowest BCUT2D eigenvalue weighted by Gasteiger charge is -2.22. The Hall–Kier alpha value is -10.8. The molecule has 0 saturated carbocycles. The number of nitrogens with zero attached hydrogens (tertiary/aromatic N) is 3. The van der Waals surface area contributed by atoms with Crippen molar-refractivity contribution in [2.75, 3.05) is 0 Å². The van der Waals surface area contributed by atoms with Gasteiger partial charge in [0.1, 0.15) is 0 Å². The average Bonchev–Trinajstić information content (AvgIpc) is 1.53. The highest BCUT2D eigenvalue weighted by Gasteiger charge is 2.44. The Morgan fingerprint density at radius 2 is 0.452 bits per heavy atom. The molecule has 0 atom stereocenters. The van der Waals surface area contributed by atoms with E-state index in [1.807, 2.05) is 0 Å². The first-order chi connectivity index (χ1) is 47.8. The molecule has 0 amide bonds. The SMILES string of the molecule is [C-]#[N+]c1cc(-n2c3ccc(-c4cc(C(F)(F)F)cc(C(F)(F)F)c4)cc3c3cc(-c4cc(C(F)(F)F)cc(C(F)(F)F)c4)ccc32)c(-n2c3ccc(-c4cc(C(F)(F)F)cc(C(F)(F)F)c4)cc3c3cc(-c4cc(C(F)(F)F)cc(C(F)(F)F)c4)ccc32)cc1-c1ccc(C(F)(F)F)cc1C(F)(F)F. The number of benzene rings is 10. The van der Waals surface area contributed by atoms with E-state index in [9.17, 15) is 119 Å². The van der Waals surface area contributed by atoms with E-state index in [2.05, 4.69) is 4.85 Å². The van der Waals surface area contributed by atoms with Crippen LogP contribution in [0.3, 0.4) is 0 Å². The third-order valence-electron chi connectivity index (χ3n) is 16.9. The lowest BCUT2D eigenvalue weighted by molar-refractivity contribution is -0.144. The van der Waals surface area contributed by atoms with E-state index in [0.717, 1.165) is 88.0 Å². The van der Waals surface area contributed by atoms with Crippen LogP contribution in [0.2, 0.25) is 0 Å². The summed E-state index contributed by atoms with van der Waals surface area (Å²) >= 11 is 0. The summed E-state index contributed by atoms with van der Waals surface area (Å²) < 4.78 is 438. The van der Waals surface area contributed by atoms with Crippen LogP contribution in [0.1, 0.15) is 55.6 Å². The van der Waals surface area contributed by atoms with Crippen molar-refractivity contribution in [2.45, 2.75) is 61.8 Å². The first kappa shape index (κ1) is 73.0. The fourth-order valence-electron chi connectivity index (χ4n) is 12.2. The second-order valence-corrected chi connectivity index (χ2v) is 23.5. The topological polar surface area (TPSA) is 14.2 Å². The molecule has 12 aromatic rings. The van der Waals surface area contributed by atoms with Gasteiger partial charge >= 0.3 is 61.8 Å². The predicted molar refractivity (Wildman–Crippen MR) is 319 cm³/mol. The van der Waals surface area contributed by atoms with Gasteiger partial charge in [-0.3, -0.25) is 0 Å². The van der Waals surface area contributed by atoms with Crippen LogP contribution in [0.4, 0.5) is 137 Å². The Bertz CT molecular complexity index is 5140. The van der Waals surface area contributed by atoms with Gasteiger partial charge in [0.25, 0.3) is 0 Å². The van der Waals surface area contributed by atoms with Crippen LogP contribution in [0, 0.1) is 6.57 Å². The van der Waals surface area contributed by atoms with Gasteiger partial charge in [0.2, 0.25) is 0 Å². The number of hydrogen-bond donors (Lipinski definition) is 0. The second kappa shape index (κ2) is 24.1. The Kier molecular flexibility index (Phi) is 16.9. The molecule has 0 spiro atoms. The van der Waals surface area contributed by atoms with Crippen molar-refractivity contribution in [3.05, 3.63) is 243 Å². The predicted octanol–water partition coefficient (Wildman–Crippen LogP) is 27.0. The van der Waals surface area contributed by atoms with E-state index in [4.69, 9.17) is 6.57 Å². The fraction of sp³-hybridized carbons (Fsp3) is 0.141. The van der Waals surface area contributed by atoms with Crippen molar-refractivity contribution in [3.8, 4) is 67.0 Å². The molecule has 0 aliphatic heterocycles. The molecule has 538 valence electrons. The number of aromatic nitrogens is 2. The second-order valence-electron chi connectivity index (χ2n) is 23.5. The van der Waals surface area contributed by atoms with Crippen LogP contribution in [-0.4, -0.2) is 9.13 Å². The summed E-state index contributed by atoms with van der Waals surface area (Å²) in [6.45, 7) is 8.42. The molecule has 0 aliphatic rings. The normalized spacial score (nSPS) is 13.5.